The van der Waals surface area contributed by atoms with E-state index in [1.165, 1.54) is 18.5 Å². The van der Waals surface area contributed by atoms with Crippen LogP contribution in [0.2, 0.25) is 0 Å². The van der Waals surface area contributed by atoms with E-state index < -0.39 is 0 Å². The van der Waals surface area contributed by atoms with Gasteiger partial charge in [0.25, 0.3) is 0 Å². The van der Waals surface area contributed by atoms with Gasteiger partial charge in [-0.25, -0.2) is 9.97 Å². The van der Waals surface area contributed by atoms with E-state index in [4.69, 9.17) is 15.7 Å². The predicted octanol–water partition coefficient (Wildman–Crippen LogP) is 5.84. The van der Waals surface area contributed by atoms with Gasteiger partial charge in [0.05, 0.1) is 28.6 Å². The fourth-order valence-electron chi connectivity index (χ4n) is 5.16. The van der Waals surface area contributed by atoms with Crippen LogP contribution in [0.15, 0.2) is 79.3 Å². The molecule has 0 aliphatic heterocycles. The molecule has 3 aromatic heterocycles. The molecule has 1 saturated carbocycles. The number of rotatable bonds is 4. The summed E-state index contributed by atoms with van der Waals surface area (Å²) in [4.78, 5) is 14.6. The smallest absolute Gasteiger partial charge is 0.145 e. The van der Waals surface area contributed by atoms with Crippen molar-refractivity contribution in [3.63, 3.8) is 0 Å². The maximum absolute atomic E-state index is 5.92. The molecule has 164 valence electrons. The Kier molecular flexibility index (Phi) is 5.11. The minimum absolute atomic E-state index is 0.462. The Bertz CT molecular complexity index is 1410. The van der Waals surface area contributed by atoms with Crippen LogP contribution in [0.1, 0.15) is 37.3 Å². The minimum Gasteiger partial charge on any atom is -0.330 e. The van der Waals surface area contributed by atoms with Gasteiger partial charge in [0.1, 0.15) is 5.82 Å². The number of nitrogens with two attached hydrogens (primary N) is 1. The molecular weight excluding hydrogens is 406 g/mol. The molecule has 5 nitrogen and oxygen atoms in total. The molecule has 1 aliphatic rings. The lowest BCUT2D eigenvalue weighted by Gasteiger charge is -2.26. The van der Waals surface area contributed by atoms with E-state index in [1.807, 2.05) is 36.8 Å². The molecule has 1 fully saturated rings. The maximum atomic E-state index is 5.92. The Morgan fingerprint density at radius 3 is 2.52 bits per heavy atom. The van der Waals surface area contributed by atoms with Gasteiger partial charge in [-0.15, -0.1) is 0 Å². The van der Waals surface area contributed by atoms with E-state index in [2.05, 4.69) is 51.8 Å². The molecule has 2 aromatic carbocycles. The van der Waals surface area contributed by atoms with Gasteiger partial charge in [-0.2, -0.15) is 0 Å². The fourth-order valence-corrected chi connectivity index (χ4v) is 5.16. The van der Waals surface area contributed by atoms with Crippen LogP contribution < -0.4 is 5.73 Å². The Labute approximate surface area is 193 Å². The number of aromatic nitrogens is 4. The lowest BCUT2D eigenvalue weighted by Crippen LogP contribution is -2.20. The standard InChI is InChI=1S/C28H27N5/c29-17-19-6-8-22(9-7-19)27-26-18-30-14-15-33(26)28(32-27)23-11-10-21-12-13-24(31-25(21)16-23)20-4-2-1-3-5-20/h1-5,10-16,18-19,22H,6-9,17,29H2. The third kappa shape index (κ3) is 3.68. The second-order valence-corrected chi connectivity index (χ2v) is 9.08. The maximum Gasteiger partial charge on any atom is 0.145 e. The first-order valence-electron chi connectivity index (χ1n) is 11.8. The van der Waals surface area contributed by atoms with Crippen molar-refractivity contribution >= 4 is 16.4 Å². The summed E-state index contributed by atoms with van der Waals surface area (Å²) in [5.41, 5.74) is 12.3. The zero-order valence-corrected chi connectivity index (χ0v) is 18.6. The topological polar surface area (TPSA) is 69.1 Å². The lowest BCUT2D eigenvalue weighted by molar-refractivity contribution is 0.331. The van der Waals surface area contributed by atoms with E-state index in [0.717, 1.165) is 58.5 Å². The first-order chi connectivity index (χ1) is 16.3. The monoisotopic (exact) mass is 433 g/mol. The van der Waals surface area contributed by atoms with Gasteiger partial charge in [0.2, 0.25) is 0 Å². The van der Waals surface area contributed by atoms with Crippen molar-refractivity contribution in [3.05, 3.63) is 84.9 Å². The molecule has 0 spiro atoms. The Hall–Kier alpha value is -3.57. The van der Waals surface area contributed by atoms with Crippen LogP contribution in [0.4, 0.5) is 0 Å². The van der Waals surface area contributed by atoms with Crippen molar-refractivity contribution in [2.24, 2.45) is 11.7 Å². The number of benzene rings is 2. The molecule has 1 aliphatic carbocycles. The summed E-state index contributed by atoms with van der Waals surface area (Å²) in [6.45, 7) is 0.790. The van der Waals surface area contributed by atoms with Crippen LogP contribution in [-0.2, 0) is 0 Å². The summed E-state index contributed by atoms with van der Waals surface area (Å²) in [7, 11) is 0. The molecule has 0 radical (unpaired) electrons. The highest BCUT2D eigenvalue weighted by atomic mass is 15.0. The molecule has 0 unspecified atom stereocenters. The number of hydrogen-bond acceptors (Lipinski definition) is 4. The second-order valence-electron chi connectivity index (χ2n) is 9.08. The van der Waals surface area contributed by atoms with Crippen molar-refractivity contribution in [1.29, 1.82) is 0 Å². The predicted molar refractivity (Wildman–Crippen MR) is 133 cm³/mol. The van der Waals surface area contributed by atoms with Crippen LogP contribution >= 0.6 is 0 Å². The summed E-state index contributed by atoms with van der Waals surface area (Å²) in [6, 6.07) is 21.0. The van der Waals surface area contributed by atoms with E-state index in [9.17, 15) is 0 Å². The van der Waals surface area contributed by atoms with E-state index in [-0.39, 0.29) is 0 Å². The van der Waals surface area contributed by atoms with Gasteiger partial charge >= 0.3 is 0 Å². The molecule has 0 amide bonds. The molecule has 2 N–H and O–H groups in total. The van der Waals surface area contributed by atoms with Crippen molar-refractivity contribution in [3.8, 4) is 22.6 Å². The molecule has 3 heterocycles. The molecular formula is C28H27N5. The number of hydrogen-bond donors (Lipinski definition) is 1. The number of nitrogens with zero attached hydrogens (tertiary/aromatic N) is 4. The van der Waals surface area contributed by atoms with Crippen LogP contribution in [0, 0.1) is 5.92 Å². The third-order valence-electron chi connectivity index (χ3n) is 7.06. The quantitative estimate of drug-likeness (QED) is 0.386. The van der Waals surface area contributed by atoms with E-state index in [0.29, 0.717) is 11.8 Å². The van der Waals surface area contributed by atoms with E-state index >= 15 is 0 Å². The van der Waals surface area contributed by atoms with Crippen molar-refractivity contribution < 1.29 is 0 Å². The molecule has 5 aromatic rings. The van der Waals surface area contributed by atoms with Gasteiger partial charge in [-0.1, -0.05) is 48.5 Å². The highest BCUT2D eigenvalue weighted by molar-refractivity contribution is 5.85. The summed E-state index contributed by atoms with van der Waals surface area (Å²) in [5.74, 6) is 2.07. The van der Waals surface area contributed by atoms with Crippen molar-refractivity contribution in [2.75, 3.05) is 6.54 Å². The highest BCUT2D eigenvalue weighted by Gasteiger charge is 2.26. The summed E-state index contributed by atoms with van der Waals surface area (Å²) < 4.78 is 2.18. The van der Waals surface area contributed by atoms with Gasteiger partial charge in [0, 0.05) is 34.8 Å². The number of imidazole rings is 1. The molecule has 33 heavy (non-hydrogen) atoms. The highest BCUT2D eigenvalue weighted by Crippen LogP contribution is 2.38. The van der Waals surface area contributed by atoms with Crippen LogP contribution in [-0.4, -0.2) is 25.9 Å². The number of fused-ring (bicyclic) bond motifs is 2. The van der Waals surface area contributed by atoms with E-state index in [1.54, 1.807) is 0 Å². The molecule has 0 bridgehead atoms. The Morgan fingerprint density at radius 1 is 0.879 bits per heavy atom. The van der Waals surface area contributed by atoms with Gasteiger partial charge in [-0.05, 0) is 50.3 Å². The van der Waals surface area contributed by atoms with Crippen LogP contribution in [0.5, 0.6) is 0 Å². The van der Waals surface area contributed by atoms with Crippen LogP contribution in [0.3, 0.4) is 0 Å². The molecule has 0 atom stereocenters. The van der Waals surface area contributed by atoms with Crippen LogP contribution in [0.25, 0.3) is 39.1 Å². The molecule has 0 saturated heterocycles. The van der Waals surface area contributed by atoms with Crippen molar-refractivity contribution in [1.82, 2.24) is 19.4 Å². The zero-order chi connectivity index (χ0) is 22.2. The van der Waals surface area contributed by atoms with Gasteiger partial charge < -0.3 is 5.73 Å². The summed E-state index contributed by atoms with van der Waals surface area (Å²) in [6.07, 6.45) is 10.4. The average Bonchev–Trinajstić information content (AvgIpc) is 3.28. The zero-order valence-electron chi connectivity index (χ0n) is 18.6. The summed E-state index contributed by atoms with van der Waals surface area (Å²) in [5, 5.41) is 1.13. The van der Waals surface area contributed by atoms with Crippen molar-refractivity contribution in [2.45, 2.75) is 31.6 Å². The average molecular weight is 434 g/mol. The third-order valence-corrected chi connectivity index (χ3v) is 7.06. The SMILES string of the molecule is NCC1CCC(c2nc(-c3ccc4ccc(-c5ccccc5)nc4c3)n3ccncc23)CC1. The lowest BCUT2D eigenvalue weighted by atomic mass is 9.80. The van der Waals surface area contributed by atoms with Gasteiger partial charge in [-0.3, -0.25) is 9.38 Å². The normalized spacial score (nSPS) is 18.7. The fraction of sp³-hybridized carbons (Fsp3) is 0.250. The number of pyridine rings is 1. The minimum atomic E-state index is 0.462. The Balaban J connectivity index is 1.43. The summed E-state index contributed by atoms with van der Waals surface area (Å²) >= 11 is 0. The first kappa shape index (κ1) is 20.1. The Morgan fingerprint density at radius 2 is 1.70 bits per heavy atom. The largest absolute Gasteiger partial charge is 0.330 e. The molecule has 6 rings (SSSR count). The first-order valence-corrected chi connectivity index (χ1v) is 11.8. The molecule has 5 heteroatoms. The van der Waals surface area contributed by atoms with Gasteiger partial charge in [0.15, 0.2) is 0 Å². The second kappa shape index (κ2) is 8.41.